The van der Waals surface area contributed by atoms with E-state index >= 15 is 0 Å². The number of nitrogens with zero attached hydrogens (tertiary/aromatic N) is 2. The molecule has 4 aromatic rings. The predicted octanol–water partition coefficient (Wildman–Crippen LogP) is 3.93. The Balaban J connectivity index is 1.60. The van der Waals surface area contributed by atoms with Gasteiger partial charge < -0.3 is 26.8 Å². The first-order valence-corrected chi connectivity index (χ1v) is 10.1. The summed E-state index contributed by atoms with van der Waals surface area (Å²) in [5, 5.41) is 13.0. The summed E-state index contributed by atoms with van der Waals surface area (Å²) in [5.41, 5.74) is 15.6. The highest BCUT2D eigenvalue weighted by atomic mass is 16.1. The maximum atomic E-state index is 12.8. The van der Waals surface area contributed by atoms with Crippen molar-refractivity contribution < 1.29 is 4.79 Å². The van der Waals surface area contributed by atoms with Gasteiger partial charge in [0.2, 0.25) is 5.96 Å². The predicted molar refractivity (Wildman–Crippen MR) is 126 cm³/mol. The van der Waals surface area contributed by atoms with Crippen molar-refractivity contribution in [2.24, 2.45) is 27.6 Å². The molecule has 2 aromatic carbocycles. The van der Waals surface area contributed by atoms with Crippen LogP contribution in [-0.4, -0.2) is 27.5 Å². The molecule has 7 N–H and O–H groups in total. The molecule has 4 rings (SSSR count). The average molecular weight is 416 g/mol. The van der Waals surface area contributed by atoms with Crippen molar-refractivity contribution in [2.45, 2.75) is 20.3 Å². The molecule has 0 saturated heterocycles. The molecule has 8 heteroatoms. The summed E-state index contributed by atoms with van der Waals surface area (Å²) in [4.78, 5) is 19.1. The minimum atomic E-state index is -0.208. The van der Waals surface area contributed by atoms with E-state index in [2.05, 4.69) is 39.3 Å². The van der Waals surface area contributed by atoms with Crippen molar-refractivity contribution in [3.63, 3.8) is 0 Å². The first-order valence-electron chi connectivity index (χ1n) is 10.1. The van der Waals surface area contributed by atoms with Gasteiger partial charge in [0, 0.05) is 28.3 Å². The fraction of sp³-hybridized carbons (Fsp3) is 0.174. The van der Waals surface area contributed by atoms with E-state index in [1.165, 1.54) is 0 Å². The molecule has 31 heavy (non-hydrogen) atoms. The summed E-state index contributed by atoms with van der Waals surface area (Å²) in [7, 11) is 0. The zero-order valence-electron chi connectivity index (χ0n) is 17.4. The highest BCUT2D eigenvalue weighted by Crippen LogP contribution is 2.22. The largest absolute Gasteiger partial charge is 0.369 e. The van der Waals surface area contributed by atoms with Crippen LogP contribution >= 0.6 is 0 Å². The Labute approximate surface area is 179 Å². The van der Waals surface area contributed by atoms with Crippen molar-refractivity contribution in [1.82, 2.24) is 9.97 Å². The summed E-state index contributed by atoms with van der Waals surface area (Å²) in [6, 6.07) is 15.4. The van der Waals surface area contributed by atoms with Crippen molar-refractivity contribution in [3.05, 3.63) is 66.0 Å². The van der Waals surface area contributed by atoms with Crippen LogP contribution in [0.15, 0.2) is 64.9 Å². The number of guanidine groups is 1. The first-order chi connectivity index (χ1) is 14.9. The third kappa shape index (κ3) is 4.58. The monoisotopic (exact) mass is 415 g/mol. The Kier molecular flexibility index (Phi) is 5.44. The van der Waals surface area contributed by atoms with Gasteiger partial charge >= 0.3 is 0 Å². The van der Waals surface area contributed by atoms with E-state index in [1.54, 1.807) is 0 Å². The van der Waals surface area contributed by atoms with Crippen LogP contribution in [-0.2, 0) is 0 Å². The molecule has 0 aliphatic carbocycles. The van der Waals surface area contributed by atoms with Gasteiger partial charge in [0.1, 0.15) is 5.69 Å². The highest BCUT2D eigenvalue weighted by Gasteiger charge is 2.13. The third-order valence-corrected chi connectivity index (χ3v) is 4.90. The lowest BCUT2D eigenvalue weighted by Crippen LogP contribution is -2.22. The van der Waals surface area contributed by atoms with Crippen molar-refractivity contribution in [1.29, 1.82) is 0 Å². The van der Waals surface area contributed by atoms with Crippen LogP contribution in [0.5, 0.6) is 0 Å². The van der Waals surface area contributed by atoms with Crippen molar-refractivity contribution >= 4 is 45.1 Å². The summed E-state index contributed by atoms with van der Waals surface area (Å²) in [5.74, 6) is 0.0916. The molecule has 0 radical (unpaired) electrons. The molecule has 0 atom stereocenters. The van der Waals surface area contributed by atoms with E-state index in [0.717, 1.165) is 45.2 Å². The van der Waals surface area contributed by atoms with Crippen LogP contribution in [0, 0.1) is 5.92 Å². The lowest BCUT2D eigenvalue weighted by atomic mass is 9.99. The summed E-state index contributed by atoms with van der Waals surface area (Å²) >= 11 is 0. The van der Waals surface area contributed by atoms with Crippen LogP contribution in [0.4, 0.5) is 5.69 Å². The standard InChI is InChI=1S/C23H25N7O/c1-13(2)9-20(29-30-23(24)25)15-4-6-18-16(10-15)11-21(28-18)22(31)27-17-5-3-14-7-8-26-19(14)12-17/h3-8,10-13,26,28H,9H2,1-2H3,(H,27,31)(H4,24,25,30)/b29-20+. The Morgan fingerprint density at radius 1 is 1.00 bits per heavy atom. The molecular formula is C23H25N7O. The third-order valence-electron chi connectivity index (χ3n) is 4.90. The Morgan fingerprint density at radius 3 is 2.61 bits per heavy atom. The fourth-order valence-corrected chi connectivity index (χ4v) is 3.48. The van der Waals surface area contributed by atoms with Crippen LogP contribution in [0.1, 0.15) is 36.3 Å². The molecule has 0 saturated carbocycles. The van der Waals surface area contributed by atoms with Gasteiger partial charge in [-0.25, -0.2) is 0 Å². The lowest BCUT2D eigenvalue weighted by molar-refractivity contribution is 0.102. The molecule has 0 spiro atoms. The van der Waals surface area contributed by atoms with Crippen molar-refractivity contribution in [2.75, 3.05) is 5.32 Å². The molecule has 158 valence electrons. The SMILES string of the molecule is CC(C)C/C(=N\N=C(N)N)c1ccc2[nH]c(C(=O)Nc3ccc4cc[nH]c4c3)cc2c1. The van der Waals surface area contributed by atoms with E-state index in [-0.39, 0.29) is 11.9 Å². The Morgan fingerprint density at radius 2 is 1.84 bits per heavy atom. The molecule has 2 heterocycles. The first kappa shape index (κ1) is 20.2. The van der Waals surface area contributed by atoms with Gasteiger partial charge in [-0.1, -0.05) is 26.0 Å². The molecule has 0 aliphatic heterocycles. The van der Waals surface area contributed by atoms with E-state index in [4.69, 9.17) is 11.5 Å². The number of hydrogen-bond donors (Lipinski definition) is 5. The maximum Gasteiger partial charge on any atom is 0.272 e. The van der Waals surface area contributed by atoms with E-state index in [1.807, 2.05) is 54.7 Å². The number of aromatic nitrogens is 2. The molecule has 0 fully saturated rings. The quantitative estimate of drug-likeness (QED) is 0.185. The number of rotatable bonds is 6. The molecule has 1 amide bonds. The zero-order chi connectivity index (χ0) is 22.0. The van der Waals surface area contributed by atoms with Gasteiger partial charge in [0.25, 0.3) is 5.91 Å². The van der Waals surface area contributed by atoms with E-state index < -0.39 is 0 Å². The Bertz CT molecular complexity index is 1310. The Hall–Kier alpha value is -4.07. The summed E-state index contributed by atoms with van der Waals surface area (Å²) in [6.45, 7) is 4.21. The smallest absolute Gasteiger partial charge is 0.272 e. The zero-order valence-corrected chi connectivity index (χ0v) is 17.4. The van der Waals surface area contributed by atoms with Crippen LogP contribution in [0.2, 0.25) is 0 Å². The molecule has 0 bridgehead atoms. The molecule has 0 unspecified atom stereocenters. The lowest BCUT2D eigenvalue weighted by Gasteiger charge is -2.08. The molecule has 2 aromatic heterocycles. The topological polar surface area (TPSA) is 137 Å². The number of fused-ring (bicyclic) bond motifs is 2. The summed E-state index contributed by atoms with van der Waals surface area (Å²) in [6.07, 6.45) is 2.59. The minimum absolute atomic E-state index is 0.0829. The molecular weight excluding hydrogens is 390 g/mol. The van der Waals surface area contributed by atoms with E-state index in [0.29, 0.717) is 11.6 Å². The van der Waals surface area contributed by atoms with Crippen molar-refractivity contribution in [3.8, 4) is 0 Å². The fourth-order valence-electron chi connectivity index (χ4n) is 3.48. The second-order valence-electron chi connectivity index (χ2n) is 7.89. The molecule has 8 nitrogen and oxygen atoms in total. The number of anilines is 1. The number of benzene rings is 2. The number of nitrogens with two attached hydrogens (primary N) is 2. The second kappa shape index (κ2) is 8.35. The summed E-state index contributed by atoms with van der Waals surface area (Å²) < 4.78 is 0. The molecule has 0 aliphatic rings. The number of hydrogen-bond acceptors (Lipinski definition) is 3. The maximum absolute atomic E-state index is 12.8. The second-order valence-corrected chi connectivity index (χ2v) is 7.89. The number of aromatic amines is 2. The van der Waals surface area contributed by atoms with Crippen LogP contribution in [0.25, 0.3) is 21.8 Å². The highest BCUT2D eigenvalue weighted by molar-refractivity contribution is 6.08. The number of H-pyrrole nitrogens is 2. The minimum Gasteiger partial charge on any atom is -0.369 e. The van der Waals surface area contributed by atoms with Gasteiger partial charge in [-0.15, -0.1) is 5.10 Å². The van der Waals surface area contributed by atoms with Gasteiger partial charge in [0.15, 0.2) is 0 Å². The number of carbonyl (C=O) groups is 1. The van der Waals surface area contributed by atoms with Crippen LogP contribution < -0.4 is 16.8 Å². The number of carbonyl (C=O) groups excluding carboxylic acids is 1. The number of nitrogens with one attached hydrogen (secondary N) is 3. The van der Waals surface area contributed by atoms with Gasteiger partial charge in [-0.2, -0.15) is 5.10 Å². The van der Waals surface area contributed by atoms with Gasteiger partial charge in [0.05, 0.1) is 5.71 Å². The normalized spacial score (nSPS) is 11.9. The number of amides is 1. The average Bonchev–Trinajstić information content (AvgIpc) is 3.36. The van der Waals surface area contributed by atoms with E-state index in [9.17, 15) is 4.79 Å². The van der Waals surface area contributed by atoms with Crippen LogP contribution in [0.3, 0.4) is 0 Å². The van der Waals surface area contributed by atoms with Gasteiger partial charge in [-0.3, -0.25) is 4.79 Å². The van der Waals surface area contributed by atoms with Gasteiger partial charge in [-0.05, 0) is 59.7 Å².